The number of hydrogen-bond donors (Lipinski definition) is 1. The molecule has 17 heavy (non-hydrogen) atoms. The zero-order chi connectivity index (χ0) is 12.3. The molecule has 2 rings (SSSR count). The van der Waals surface area contributed by atoms with E-state index >= 15 is 0 Å². The number of nitrogens with zero attached hydrogens (tertiary/aromatic N) is 1. The molecule has 0 amide bonds. The lowest BCUT2D eigenvalue weighted by atomic mass is 9.95. The lowest BCUT2D eigenvalue weighted by Crippen LogP contribution is -2.52. The monoisotopic (exact) mass is 256 g/mol. The first-order valence-electron chi connectivity index (χ1n) is 7.22. The Morgan fingerprint density at radius 2 is 2.12 bits per heavy atom. The minimum absolute atomic E-state index is 0.391. The van der Waals surface area contributed by atoms with E-state index in [1.165, 1.54) is 50.4 Å². The van der Waals surface area contributed by atoms with E-state index in [9.17, 15) is 0 Å². The van der Waals surface area contributed by atoms with Gasteiger partial charge in [0.1, 0.15) is 0 Å². The smallest absolute Gasteiger partial charge is 0.0308 e. The number of hydrogen-bond acceptors (Lipinski definition) is 3. The van der Waals surface area contributed by atoms with E-state index in [0.717, 1.165) is 12.0 Å². The molecule has 0 aromatic carbocycles. The molecule has 2 aliphatic rings. The molecule has 0 radical (unpaired) electrons. The number of thioether (sulfide) groups is 1. The lowest BCUT2D eigenvalue weighted by molar-refractivity contribution is 0.171. The van der Waals surface area contributed by atoms with Crippen LogP contribution >= 0.6 is 11.8 Å². The fourth-order valence-electron chi connectivity index (χ4n) is 3.00. The first-order chi connectivity index (χ1) is 8.15. The predicted octanol–water partition coefficient (Wildman–Crippen LogP) is 2.59. The Kier molecular flexibility index (Phi) is 4.79. The average molecular weight is 256 g/mol. The summed E-state index contributed by atoms with van der Waals surface area (Å²) in [6, 6.07) is 0.750. The van der Waals surface area contributed by atoms with E-state index in [2.05, 4.69) is 42.7 Å². The summed E-state index contributed by atoms with van der Waals surface area (Å²) >= 11 is 2.07. The van der Waals surface area contributed by atoms with Gasteiger partial charge >= 0.3 is 0 Å². The topological polar surface area (TPSA) is 15.3 Å². The molecule has 1 N–H and O–H groups in total. The molecule has 2 nitrogen and oxygen atoms in total. The number of nitrogens with one attached hydrogen (secondary N) is 1. The van der Waals surface area contributed by atoms with Gasteiger partial charge in [-0.1, -0.05) is 6.92 Å². The van der Waals surface area contributed by atoms with Crippen molar-refractivity contribution >= 4 is 11.8 Å². The summed E-state index contributed by atoms with van der Waals surface area (Å²) in [6.45, 7) is 10.8. The van der Waals surface area contributed by atoms with E-state index in [0.29, 0.717) is 5.54 Å². The van der Waals surface area contributed by atoms with Gasteiger partial charge in [-0.25, -0.2) is 0 Å². The minimum Gasteiger partial charge on any atom is -0.310 e. The Bertz CT molecular complexity index is 242. The van der Waals surface area contributed by atoms with Gasteiger partial charge in [-0.15, -0.1) is 0 Å². The van der Waals surface area contributed by atoms with E-state index in [4.69, 9.17) is 0 Å². The Hall–Kier alpha value is 0.270. The molecule has 0 aromatic rings. The second kappa shape index (κ2) is 5.94. The van der Waals surface area contributed by atoms with Crippen LogP contribution in [0, 0.1) is 5.92 Å². The second-order valence-electron chi connectivity index (χ2n) is 5.92. The molecule has 0 bridgehead atoms. The zero-order valence-corrected chi connectivity index (χ0v) is 12.5. The highest BCUT2D eigenvalue weighted by molar-refractivity contribution is 7.99. The quantitative estimate of drug-likeness (QED) is 0.761. The van der Waals surface area contributed by atoms with Crippen LogP contribution in [0.15, 0.2) is 0 Å². The Balaban J connectivity index is 1.91. The van der Waals surface area contributed by atoms with Crippen molar-refractivity contribution in [2.75, 3.05) is 31.1 Å². The second-order valence-corrected chi connectivity index (χ2v) is 7.32. The molecule has 1 saturated heterocycles. The van der Waals surface area contributed by atoms with Gasteiger partial charge < -0.3 is 5.32 Å². The van der Waals surface area contributed by atoms with Crippen LogP contribution < -0.4 is 5.32 Å². The van der Waals surface area contributed by atoms with Crippen LogP contribution in [0.1, 0.15) is 40.0 Å². The van der Waals surface area contributed by atoms with Crippen LogP contribution in [0.3, 0.4) is 0 Å². The fourth-order valence-corrected chi connectivity index (χ4v) is 3.65. The molecular weight excluding hydrogens is 228 g/mol. The summed E-state index contributed by atoms with van der Waals surface area (Å²) < 4.78 is 0. The third kappa shape index (κ3) is 3.62. The minimum atomic E-state index is 0.391. The summed E-state index contributed by atoms with van der Waals surface area (Å²) in [5.74, 6) is 3.48. The van der Waals surface area contributed by atoms with Gasteiger partial charge in [-0.3, -0.25) is 4.90 Å². The molecule has 1 aliphatic carbocycles. The zero-order valence-electron chi connectivity index (χ0n) is 11.7. The van der Waals surface area contributed by atoms with Gasteiger partial charge in [-0.05, 0) is 51.3 Å². The summed E-state index contributed by atoms with van der Waals surface area (Å²) in [5, 5.41) is 3.82. The van der Waals surface area contributed by atoms with Crippen molar-refractivity contribution in [1.29, 1.82) is 0 Å². The maximum atomic E-state index is 3.82. The molecule has 1 aliphatic heterocycles. The van der Waals surface area contributed by atoms with Gasteiger partial charge in [0.25, 0.3) is 0 Å². The van der Waals surface area contributed by atoms with Crippen molar-refractivity contribution in [2.24, 2.45) is 5.92 Å². The Labute approximate surface area is 111 Å². The molecule has 2 fully saturated rings. The van der Waals surface area contributed by atoms with Crippen molar-refractivity contribution in [2.45, 2.75) is 51.6 Å². The van der Waals surface area contributed by atoms with Gasteiger partial charge in [0, 0.05) is 30.4 Å². The normalized spacial score (nSPS) is 35.8. The van der Waals surface area contributed by atoms with E-state index in [1.807, 2.05) is 0 Å². The van der Waals surface area contributed by atoms with Crippen molar-refractivity contribution < 1.29 is 0 Å². The molecule has 0 spiro atoms. The van der Waals surface area contributed by atoms with Crippen LogP contribution in [0.5, 0.6) is 0 Å². The van der Waals surface area contributed by atoms with Crippen molar-refractivity contribution in [1.82, 2.24) is 10.2 Å². The standard InChI is InChI=1S/C14H28N2S/c1-4-17-10-9-16-11-14(3,13-5-6-13)15-8-7-12(16)2/h12-13,15H,4-11H2,1-3H3. The molecule has 0 aromatic heterocycles. The molecule has 3 heteroatoms. The van der Waals surface area contributed by atoms with E-state index in [1.54, 1.807) is 0 Å². The molecule has 2 unspecified atom stereocenters. The predicted molar refractivity (Wildman–Crippen MR) is 77.8 cm³/mol. The third-order valence-corrected chi connectivity index (χ3v) is 5.33. The van der Waals surface area contributed by atoms with Gasteiger partial charge in [0.05, 0.1) is 0 Å². The summed E-state index contributed by atoms with van der Waals surface area (Å²) in [5.41, 5.74) is 0.391. The molecule has 100 valence electrons. The first-order valence-corrected chi connectivity index (χ1v) is 8.38. The van der Waals surface area contributed by atoms with Crippen LogP contribution in [0.2, 0.25) is 0 Å². The maximum absolute atomic E-state index is 3.82. The SMILES string of the molecule is CCSCCN1CC(C)(C2CC2)NCCC1C. The highest BCUT2D eigenvalue weighted by atomic mass is 32.2. The van der Waals surface area contributed by atoms with Crippen LogP contribution in [-0.4, -0.2) is 47.6 Å². The van der Waals surface area contributed by atoms with Gasteiger partial charge in [0.2, 0.25) is 0 Å². The average Bonchev–Trinajstić information content (AvgIpc) is 3.10. The highest BCUT2D eigenvalue weighted by Gasteiger charge is 2.43. The summed E-state index contributed by atoms with van der Waals surface area (Å²) in [4.78, 5) is 2.72. The van der Waals surface area contributed by atoms with Crippen molar-refractivity contribution in [3.05, 3.63) is 0 Å². The van der Waals surface area contributed by atoms with E-state index < -0.39 is 0 Å². The largest absolute Gasteiger partial charge is 0.310 e. The van der Waals surface area contributed by atoms with Crippen molar-refractivity contribution in [3.8, 4) is 0 Å². The molecular formula is C14H28N2S. The molecule has 1 saturated carbocycles. The maximum Gasteiger partial charge on any atom is 0.0308 e. The lowest BCUT2D eigenvalue weighted by Gasteiger charge is -2.35. The highest BCUT2D eigenvalue weighted by Crippen LogP contribution is 2.41. The van der Waals surface area contributed by atoms with E-state index in [-0.39, 0.29) is 0 Å². The van der Waals surface area contributed by atoms with Crippen LogP contribution in [0.25, 0.3) is 0 Å². The first kappa shape index (κ1) is 13.7. The summed E-state index contributed by atoms with van der Waals surface area (Å²) in [6.07, 6.45) is 4.18. The Morgan fingerprint density at radius 3 is 2.76 bits per heavy atom. The van der Waals surface area contributed by atoms with Gasteiger partial charge in [-0.2, -0.15) is 11.8 Å². The third-order valence-electron chi connectivity index (χ3n) is 4.45. The number of rotatable bonds is 5. The molecule has 1 heterocycles. The van der Waals surface area contributed by atoms with Gasteiger partial charge in [0.15, 0.2) is 0 Å². The van der Waals surface area contributed by atoms with Crippen LogP contribution in [-0.2, 0) is 0 Å². The Morgan fingerprint density at radius 1 is 1.35 bits per heavy atom. The fraction of sp³-hybridized carbons (Fsp3) is 1.00. The van der Waals surface area contributed by atoms with Crippen molar-refractivity contribution in [3.63, 3.8) is 0 Å². The summed E-state index contributed by atoms with van der Waals surface area (Å²) in [7, 11) is 0. The molecule has 2 atom stereocenters. The van der Waals surface area contributed by atoms with Crippen LogP contribution in [0.4, 0.5) is 0 Å².